The Hall–Kier alpha value is -1.13. The van der Waals surface area contributed by atoms with Crippen LogP contribution in [-0.2, 0) is 22.3 Å². The van der Waals surface area contributed by atoms with Crippen LogP contribution in [0.4, 0.5) is 0 Å². The van der Waals surface area contributed by atoms with Crippen molar-refractivity contribution in [2.75, 3.05) is 20.1 Å². The molecular formula is C15H25IN4O2S. The lowest BCUT2D eigenvalue weighted by Crippen LogP contribution is -2.37. The summed E-state index contributed by atoms with van der Waals surface area (Å²) in [5, 5.41) is 6.25. The third-order valence-corrected chi connectivity index (χ3v) is 4.17. The summed E-state index contributed by atoms with van der Waals surface area (Å²) in [5.74, 6) is 0.672. The Bertz CT molecular complexity index is 618. The van der Waals surface area contributed by atoms with Crippen LogP contribution in [-0.4, -0.2) is 34.5 Å². The lowest BCUT2D eigenvalue weighted by molar-refractivity contribution is 0.587. The van der Waals surface area contributed by atoms with Crippen LogP contribution >= 0.6 is 24.0 Å². The van der Waals surface area contributed by atoms with E-state index in [0.29, 0.717) is 19.0 Å². The number of guanidine groups is 1. The van der Waals surface area contributed by atoms with Crippen LogP contribution in [0.5, 0.6) is 0 Å². The molecule has 1 aromatic carbocycles. The smallest absolute Gasteiger partial charge is 0.215 e. The van der Waals surface area contributed by atoms with Crippen LogP contribution in [0.25, 0.3) is 0 Å². The van der Waals surface area contributed by atoms with E-state index >= 15 is 0 Å². The number of hydrogen-bond acceptors (Lipinski definition) is 3. The van der Waals surface area contributed by atoms with E-state index in [9.17, 15) is 8.42 Å². The lowest BCUT2D eigenvalue weighted by atomic mass is 10.1. The van der Waals surface area contributed by atoms with E-state index in [-0.39, 0.29) is 29.7 Å². The van der Waals surface area contributed by atoms with Gasteiger partial charge in [0, 0.05) is 13.1 Å². The molecule has 0 aliphatic rings. The highest BCUT2D eigenvalue weighted by Crippen LogP contribution is 2.09. The number of aliphatic imine (C=N–C) groups is 1. The molecule has 0 amide bonds. The van der Waals surface area contributed by atoms with E-state index < -0.39 is 10.0 Å². The van der Waals surface area contributed by atoms with Gasteiger partial charge in [0.05, 0.1) is 12.3 Å². The molecule has 0 radical (unpaired) electrons. The molecule has 0 spiro atoms. The molecule has 0 bridgehead atoms. The Labute approximate surface area is 155 Å². The van der Waals surface area contributed by atoms with Gasteiger partial charge < -0.3 is 10.6 Å². The lowest BCUT2D eigenvalue weighted by Gasteiger charge is -2.10. The maximum Gasteiger partial charge on any atom is 0.215 e. The van der Waals surface area contributed by atoms with Gasteiger partial charge in [0.25, 0.3) is 0 Å². The van der Waals surface area contributed by atoms with Crippen molar-refractivity contribution in [2.24, 2.45) is 4.99 Å². The summed E-state index contributed by atoms with van der Waals surface area (Å²) < 4.78 is 25.5. The quantitative estimate of drug-likeness (QED) is 0.242. The third-order valence-electron chi connectivity index (χ3n) is 2.84. The van der Waals surface area contributed by atoms with Crippen LogP contribution in [0.15, 0.2) is 41.9 Å². The fourth-order valence-corrected chi connectivity index (χ4v) is 2.55. The number of sulfonamides is 1. The zero-order chi connectivity index (χ0) is 16.4. The van der Waals surface area contributed by atoms with Crippen LogP contribution in [0, 0.1) is 0 Å². The molecule has 0 saturated heterocycles. The summed E-state index contributed by atoms with van der Waals surface area (Å²) in [4.78, 5) is 4.46. The molecule has 0 aliphatic carbocycles. The maximum absolute atomic E-state index is 11.6. The average Bonchev–Trinajstić information content (AvgIpc) is 2.50. The van der Waals surface area contributed by atoms with Gasteiger partial charge >= 0.3 is 0 Å². The van der Waals surface area contributed by atoms with Gasteiger partial charge in [-0.15, -0.1) is 30.6 Å². The Morgan fingerprint density at radius 1 is 1.30 bits per heavy atom. The number of rotatable bonds is 8. The first-order chi connectivity index (χ1) is 10.5. The van der Waals surface area contributed by atoms with Gasteiger partial charge in [-0.3, -0.25) is 0 Å². The van der Waals surface area contributed by atoms with Gasteiger partial charge in [-0.1, -0.05) is 30.3 Å². The molecule has 1 rings (SSSR count). The third kappa shape index (κ3) is 8.92. The van der Waals surface area contributed by atoms with Crippen LogP contribution in [0.3, 0.4) is 0 Å². The Kier molecular flexibility index (Phi) is 10.9. The highest BCUT2D eigenvalue weighted by atomic mass is 127. The van der Waals surface area contributed by atoms with Crippen LogP contribution in [0.1, 0.15) is 18.1 Å². The molecule has 0 aromatic heterocycles. The molecule has 1 aromatic rings. The molecule has 0 atom stereocenters. The monoisotopic (exact) mass is 452 g/mol. The summed E-state index contributed by atoms with van der Waals surface area (Å²) in [6.45, 7) is 7.52. The van der Waals surface area contributed by atoms with Crippen molar-refractivity contribution in [2.45, 2.75) is 19.2 Å². The molecular weight excluding hydrogens is 427 g/mol. The predicted molar refractivity (Wildman–Crippen MR) is 107 cm³/mol. The summed E-state index contributed by atoms with van der Waals surface area (Å²) in [6.07, 6.45) is 1.76. The van der Waals surface area contributed by atoms with E-state index in [1.807, 2.05) is 25.1 Å². The topological polar surface area (TPSA) is 82.6 Å². The maximum atomic E-state index is 11.6. The molecule has 0 aliphatic heterocycles. The Morgan fingerprint density at radius 3 is 2.61 bits per heavy atom. The van der Waals surface area contributed by atoms with Crippen molar-refractivity contribution < 1.29 is 8.42 Å². The van der Waals surface area contributed by atoms with Crippen molar-refractivity contribution in [3.05, 3.63) is 48.0 Å². The molecule has 0 unspecified atom stereocenters. The van der Waals surface area contributed by atoms with Gasteiger partial charge in [0.15, 0.2) is 5.96 Å². The van der Waals surface area contributed by atoms with E-state index in [4.69, 9.17) is 0 Å². The van der Waals surface area contributed by atoms with Gasteiger partial charge in [0.2, 0.25) is 10.0 Å². The first-order valence-electron chi connectivity index (χ1n) is 7.13. The molecule has 0 saturated carbocycles. The van der Waals surface area contributed by atoms with Gasteiger partial charge in [-0.05, 0) is 25.1 Å². The number of benzene rings is 1. The number of nitrogens with zero attached hydrogens (tertiary/aromatic N) is 1. The minimum Gasteiger partial charge on any atom is -0.357 e. The molecule has 23 heavy (non-hydrogen) atoms. The number of halogens is 1. The van der Waals surface area contributed by atoms with Crippen molar-refractivity contribution >= 4 is 40.0 Å². The Balaban J connectivity index is 0.00000484. The van der Waals surface area contributed by atoms with Crippen molar-refractivity contribution in [1.82, 2.24) is 15.4 Å². The van der Waals surface area contributed by atoms with Crippen molar-refractivity contribution in [1.29, 1.82) is 0 Å². The molecule has 0 heterocycles. The zero-order valence-electron chi connectivity index (χ0n) is 13.5. The van der Waals surface area contributed by atoms with Crippen molar-refractivity contribution in [3.8, 4) is 0 Å². The van der Waals surface area contributed by atoms with E-state index in [1.165, 1.54) is 7.05 Å². The standard InChI is InChI=1S/C15H24N4O2S.HI/c1-4-9-18-15(17-5-2)19-11-13-7-6-8-14(10-13)12-22(20,21)16-3;/h4,6-8,10,16H,1,5,9,11-12H2,2-3H3,(H2,17,18,19);1H. The molecule has 130 valence electrons. The average molecular weight is 452 g/mol. The normalized spacial score (nSPS) is 11.5. The largest absolute Gasteiger partial charge is 0.357 e. The highest BCUT2D eigenvalue weighted by molar-refractivity contribution is 14.0. The second kappa shape index (κ2) is 11.4. The van der Waals surface area contributed by atoms with E-state index in [2.05, 4.69) is 26.9 Å². The molecule has 3 N–H and O–H groups in total. The van der Waals surface area contributed by atoms with Gasteiger partial charge in [0.1, 0.15) is 0 Å². The predicted octanol–water partition coefficient (Wildman–Crippen LogP) is 1.59. The minimum atomic E-state index is -3.26. The zero-order valence-corrected chi connectivity index (χ0v) is 16.6. The first kappa shape index (κ1) is 21.9. The fraction of sp³-hybridized carbons (Fsp3) is 0.400. The van der Waals surface area contributed by atoms with Crippen molar-refractivity contribution in [3.63, 3.8) is 0 Å². The van der Waals surface area contributed by atoms with Crippen LogP contribution in [0.2, 0.25) is 0 Å². The van der Waals surface area contributed by atoms with E-state index in [1.54, 1.807) is 12.1 Å². The summed E-state index contributed by atoms with van der Waals surface area (Å²) in [5.41, 5.74) is 1.70. The van der Waals surface area contributed by atoms with Gasteiger partial charge in [-0.25, -0.2) is 18.1 Å². The van der Waals surface area contributed by atoms with Gasteiger partial charge in [-0.2, -0.15) is 0 Å². The summed E-state index contributed by atoms with van der Waals surface area (Å²) in [7, 11) is -1.85. The second-order valence-corrected chi connectivity index (χ2v) is 6.57. The summed E-state index contributed by atoms with van der Waals surface area (Å²) in [6, 6.07) is 7.42. The molecule has 6 nitrogen and oxygen atoms in total. The SMILES string of the molecule is C=CCNC(=NCc1cccc(CS(=O)(=O)NC)c1)NCC.I. The Morgan fingerprint density at radius 2 is 2.00 bits per heavy atom. The summed E-state index contributed by atoms with van der Waals surface area (Å²) >= 11 is 0. The fourth-order valence-electron chi connectivity index (χ4n) is 1.79. The van der Waals surface area contributed by atoms with Crippen LogP contribution < -0.4 is 15.4 Å². The minimum absolute atomic E-state index is 0. The molecule has 8 heteroatoms. The number of hydrogen-bond donors (Lipinski definition) is 3. The second-order valence-electron chi connectivity index (χ2n) is 4.65. The highest BCUT2D eigenvalue weighted by Gasteiger charge is 2.08. The number of nitrogens with one attached hydrogen (secondary N) is 3. The first-order valence-corrected chi connectivity index (χ1v) is 8.78. The van der Waals surface area contributed by atoms with E-state index in [0.717, 1.165) is 17.7 Å². The molecule has 0 fully saturated rings.